The van der Waals surface area contributed by atoms with Crippen LogP contribution in [0.15, 0.2) is 23.0 Å². The van der Waals surface area contributed by atoms with Gasteiger partial charge < -0.3 is 0 Å². The zero-order valence-corrected chi connectivity index (χ0v) is 18.0. The smallest absolute Gasteiger partial charge is 0.295 e. The third-order valence-electron chi connectivity index (χ3n) is 6.00. The van der Waals surface area contributed by atoms with Crippen LogP contribution in [0.2, 0.25) is 0 Å². The van der Waals surface area contributed by atoms with Gasteiger partial charge in [0.05, 0.1) is 11.0 Å². The molecule has 1 saturated heterocycles. The Morgan fingerprint density at radius 3 is 2.21 bits per heavy atom. The van der Waals surface area contributed by atoms with Crippen LogP contribution >= 0.6 is 0 Å². The number of aryl methyl sites for hydroxylation is 2. The minimum atomic E-state index is -0.619. The van der Waals surface area contributed by atoms with Gasteiger partial charge in [-0.3, -0.25) is 24.0 Å². The van der Waals surface area contributed by atoms with Crippen LogP contribution in [-0.4, -0.2) is 20.9 Å². The summed E-state index contributed by atoms with van der Waals surface area (Å²) >= 11 is 0. The van der Waals surface area contributed by atoms with E-state index >= 15 is 0 Å². The summed E-state index contributed by atoms with van der Waals surface area (Å²) in [6.45, 7) is 11.1. The van der Waals surface area contributed by atoms with E-state index in [-0.39, 0.29) is 18.0 Å². The van der Waals surface area contributed by atoms with E-state index in [1.807, 2.05) is 18.2 Å². The molecule has 0 aliphatic carbocycles. The largest absolute Gasteiger partial charge is 0.329 e. The summed E-state index contributed by atoms with van der Waals surface area (Å²) in [5.41, 5.74) is 3.03. The van der Waals surface area contributed by atoms with Gasteiger partial charge in [0.2, 0.25) is 11.8 Å². The molecule has 0 bridgehead atoms. The van der Waals surface area contributed by atoms with Gasteiger partial charge in [-0.15, -0.1) is 0 Å². The predicted octanol–water partition coefficient (Wildman–Crippen LogP) is 3.71. The molecule has 1 fully saturated rings. The van der Waals surface area contributed by atoms with Gasteiger partial charge in [0.1, 0.15) is 6.04 Å². The Labute approximate surface area is 166 Å². The third-order valence-corrected chi connectivity index (χ3v) is 6.00. The van der Waals surface area contributed by atoms with Crippen molar-refractivity contribution in [3.05, 3.63) is 34.2 Å². The molecule has 1 aromatic carbocycles. The summed E-state index contributed by atoms with van der Waals surface area (Å²) in [6, 6.07) is 5.19. The van der Waals surface area contributed by atoms with Crippen LogP contribution in [0.25, 0.3) is 11.0 Å². The highest BCUT2D eigenvalue weighted by Crippen LogP contribution is 2.24. The molecule has 2 heterocycles. The van der Waals surface area contributed by atoms with Gasteiger partial charge in [-0.1, -0.05) is 53.5 Å². The van der Waals surface area contributed by atoms with Gasteiger partial charge in [-0.2, -0.15) is 0 Å². The number of imidazole rings is 1. The molecule has 28 heavy (non-hydrogen) atoms. The molecule has 6 nitrogen and oxygen atoms in total. The van der Waals surface area contributed by atoms with Crippen molar-refractivity contribution >= 4 is 22.8 Å². The summed E-state index contributed by atoms with van der Waals surface area (Å²) < 4.78 is 3.05. The van der Waals surface area contributed by atoms with Crippen LogP contribution in [0, 0.1) is 5.41 Å². The lowest BCUT2D eigenvalue weighted by molar-refractivity contribution is -0.135. The fraction of sp³-hybridized carbons (Fsp3) is 0.591. The van der Waals surface area contributed by atoms with Crippen LogP contribution in [-0.2, 0) is 23.1 Å². The number of piperidine rings is 1. The standard InChI is InChI=1S/C15H17N3O3.C7H16/c1-3-9-4-5-10-12(8-9)17(2)15(21)18(10)11-6-7-13(19)16-14(11)20;1-5-7(3,4)6-2/h4-5,8,11H,3,6-7H2,1-2H3,(H,16,19,20);5-6H2,1-4H3. The lowest BCUT2D eigenvalue weighted by Gasteiger charge is -2.21. The molecule has 1 aliphatic rings. The van der Waals surface area contributed by atoms with Crippen molar-refractivity contribution in [1.82, 2.24) is 14.5 Å². The maximum Gasteiger partial charge on any atom is 0.329 e. The molecule has 2 amide bonds. The van der Waals surface area contributed by atoms with Crippen LogP contribution in [0.4, 0.5) is 0 Å². The normalized spacial score (nSPS) is 17.3. The van der Waals surface area contributed by atoms with E-state index in [9.17, 15) is 14.4 Å². The topological polar surface area (TPSA) is 73.1 Å². The zero-order valence-electron chi connectivity index (χ0n) is 18.0. The van der Waals surface area contributed by atoms with E-state index in [1.165, 1.54) is 17.4 Å². The Kier molecular flexibility index (Phi) is 6.86. The summed E-state index contributed by atoms with van der Waals surface area (Å²) in [5.74, 6) is -0.682. The van der Waals surface area contributed by atoms with Crippen molar-refractivity contribution in [2.24, 2.45) is 12.5 Å². The summed E-state index contributed by atoms with van der Waals surface area (Å²) in [6.07, 6.45) is 4.09. The zero-order chi connectivity index (χ0) is 21.1. The minimum absolute atomic E-state index is 0.229. The average Bonchev–Trinajstić information content (AvgIpc) is 2.93. The second kappa shape index (κ2) is 8.76. The van der Waals surface area contributed by atoms with Crippen molar-refractivity contribution in [3.8, 4) is 0 Å². The Balaban J connectivity index is 0.000000345. The second-order valence-corrected chi connectivity index (χ2v) is 8.23. The molecule has 3 rings (SSSR count). The van der Waals surface area contributed by atoms with E-state index in [2.05, 4.69) is 39.9 Å². The molecule has 0 spiro atoms. The van der Waals surface area contributed by atoms with Crippen LogP contribution < -0.4 is 11.0 Å². The highest BCUT2D eigenvalue weighted by molar-refractivity contribution is 6.00. The van der Waals surface area contributed by atoms with Crippen molar-refractivity contribution in [3.63, 3.8) is 0 Å². The second-order valence-electron chi connectivity index (χ2n) is 8.23. The number of nitrogens with one attached hydrogen (secondary N) is 1. The summed E-state index contributed by atoms with van der Waals surface area (Å²) in [5, 5.41) is 2.30. The lowest BCUT2D eigenvalue weighted by Crippen LogP contribution is -2.44. The number of benzene rings is 1. The fourth-order valence-corrected chi connectivity index (χ4v) is 3.11. The first kappa shape index (κ1) is 21.9. The first-order valence-corrected chi connectivity index (χ1v) is 10.2. The highest BCUT2D eigenvalue weighted by atomic mass is 16.2. The van der Waals surface area contributed by atoms with E-state index in [4.69, 9.17) is 0 Å². The Morgan fingerprint density at radius 2 is 1.71 bits per heavy atom. The average molecular weight is 388 g/mol. The number of amides is 2. The lowest BCUT2D eigenvalue weighted by atomic mass is 9.88. The quantitative estimate of drug-likeness (QED) is 0.813. The van der Waals surface area contributed by atoms with E-state index in [0.29, 0.717) is 11.8 Å². The maximum absolute atomic E-state index is 12.5. The van der Waals surface area contributed by atoms with Crippen LogP contribution in [0.5, 0.6) is 0 Å². The predicted molar refractivity (Wildman–Crippen MR) is 112 cm³/mol. The van der Waals surface area contributed by atoms with E-state index in [0.717, 1.165) is 23.0 Å². The number of hydrogen-bond donors (Lipinski definition) is 1. The fourth-order valence-electron chi connectivity index (χ4n) is 3.11. The van der Waals surface area contributed by atoms with Gasteiger partial charge in [-0.25, -0.2) is 4.79 Å². The van der Waals surface area contributed by atoms with Crippen LogP contribution in [0.1, 0.15) is 71.9 Å². The summed E-state index contributed by atoms with van der Waals surface area (Å²) in [4.78, 5) is 35.8. The Bertz CT molecular complexity index is 915. The van der Waals surface area contributed by atoms with E-state index in [1.54, 1.807) is 11.6 Å². The van der Waals surface area contributed by atoms with Gasteiger partial charge in [0.25, 0.3) is 0 Å². The van der Waals surface area contributed by atoms with Crippen LogP contribution in [0.3, 0.4) is 0 Å². The highest BCUT2D eigenvalue weighted by Gasteiger charge is 2.31. The SMILES string of the molecule is CCC(C)(C)CC.CCc1ccc2c(c1)n(C)c(=O)n2C1CCC(=O)NC1=O. The van der Waals surface area contributed by atoms with Gasteiger partial charge >= 0.3 is 5.69 Å². The maximum atomic E-state index is 12.5. The molecule has 6 heteroatoms. The Morgan fingerprint density at radius 1 is 1.07 bits per heavy atom. The number of carbonyl (C=O) groups excluding carboxylic acids is 2. The molecule has 0 radical (unpaired) electrons. The first-order valence-electron chi connectivity index (χ1n) is 10.2. The number of imide groups is 1. The monoisotopic (exact) mass is 387 g/mol. The number of rotatable bonds is 4. The Hall–Kier alpha value is -2.37. The first-order chi connectivity index (χ1) is 13.1. The number of nitrogens with zero attached hydrogens (tertiary/aromatic N) is 2. The van der Waals surface area contributed by atoms with Gasteiger partial charge in [-0.05, 0) is 36.0 Å². The molecule has 1 aromatic heterocycles. The van der Waals surface area contributed by atoms with Crippen molar-refractivity contribution < 1.29 is 9.59 Å². The number of carbonyl (C=O) groups is 2. The number of aromatic nitrogens is 2. The molecular formula is C22H33N3O3. The van der Waals surface area contributed by atoms with Crippen molar-refractivity contribution in [1.29, 1.82) is 0 Å². The number of hydrogen-bond acceptors (Lipinski definition) is 3. The molecule has 1 aliphatic heterocycles. The van der Waals surface area contributed by atoms with Crippen molar-refractivity contribution in [2.75, 3.05) is 0 Å². The molecule has 1 N–H and O–H groups in total. The van der Waals surface area contributed by atoms with E-state index < -0.39 is 11.9 Å². The molecule has 154 valence electrons. The molecule has 2 aromatic rings. The van der Waals surface area contributed by atoms with Crippen molar-refractivity contribution in [2.45, 2.75) is 72.8 Å². The van der Waals surface area contributed by atoms with Gasteiger partial charge in [0, 0.05) is 13.5 Å². The molecular weight excluding hydrogens is 354 g/mol. The number of fused-ring (bicyclic) bond motifs is 1. The summed E-state index contributed by atoms with van der Waals surface area (Å²) in [7, 11) is 1.70. The van der Waals surface area contributed by atoms with Gasteiger partial charge in [0.15, 0.2) is 0 Å². The molecule has 1 atom stereocenters. The minimum Gasteiger partial charge on any atom is -0.295 e. The molecule has 1 unspecified atom stereocenters. The third kappa shape index (κ3) is 4.54. The molecule has 0 saturated carbocycles.